The summed E-state index contributed by atoms with van der Waals surface area (Å²) in [5, 5.41) is 4.09. The van der Waals surface area contributed by atoms with Gasteiger partial charge in [-0.2, -0.15) is 5.10 Å². The standard InChI is InChI=1S/C11H15N5/c1-7(2)10-4-8(3)14-11(15-10)16-6-9(12)5-13-16/h4-7H,12H2,1-3H3. The Bertz CT molecular complexity index is 501. The molecule has 0 aliphatic heterocycles. The molecule has 2 aromatic rings. The third-order valence-corrected chi connectivity index (χ3v) is 2.26. The maximum Gasteiger partial charge on any atom is 0.251 e. The van der Waals surface area contributed by atoms with Gasteiger partial charge in [-0.1, -0.05) is 13.8 Å². The van der Waals surface area contributed by atoms with Crippen LogP contribution in [0.1, 0.15) is 31.2 Å². The Morgan fingerprint density at radius 2 is 2.06 bits per heavy atom. The summed E-state index contributed by atoms with van der Waals surface area (Å²) in [5.41, 5.74) is 8.16. The lowest BCUT2D eigenvalue weighted by Crippen LogP contribution is -2.06. The molecule has 0 unspecified atom stereocenters. The van der Waals surface area contributed by atoms with Crippen LogP contribution in [0.3, 0.4) is 0 Å². The first-order valence-corrected chi connectivity index (χ1v) is 5.22. The molecule has 0 spiro atoms. The molecular weight excluding hydrogens is 202 g/mol. The number of aryl methyl sites for hydroxylation is 1. The molecule has 0 radical (unpaired) electrons. The molecule has 2 aromatic heterocycles. The van der Waals surface area contributed by atoms with Crippen molar-refractivity contribution in [1.82, 2.24) is 19.7 Å². The van der Waals surface area contributed by atoms with Gasteiger partial charge in [-0.25, -0.2) is 14.6 Å². The van der Waals surface area contributed by atoms with Crippen LogP contribution < -0.4 is 5.73 Å². The highest BCUT2D eigenvalue weighted by Gasteiger charge is 2.07. The highest BCUT2D eigenvalue weighted by molar-refractivity contribution is 5.33. The number of rotatable bonds is 2. The molecule has 16 heavy (non-hydrogen) atoms. The summed E-state index contributed by atoms with van der Waals surface area (Å²) in [4.78, 5) is 8.78. The number of nitrogens with zero attached hydrogens (tertiary/aromatic N) is 4. The molecule has 0 bridgehead atoms. The van der Waals surface area contributed by atoms with Crippen molar-refractivity contribution in [3.05, 3.63) is 29.8 Å². The average molecular weight is 217 g/mol. The van der Waals surface area contributed by atoms with Gasteiger partial charge < -0.3 is 5.73 Å². The molecule has 0 aliphatic carbocycles. The number of aromatic nitrogens is 4. The molecule has 0 saturated heterocycles. The lowest BCUT2D eigenvalue weighted by atomic mass is 10.1. The predicted molar refractivity (Wildman–Crippen MR) is 62.4 cm³/mol. The molecular formula is C11H15N5. The Morgan fingerprint density at radius 3 is 2.62 bits per heavy atom. The van der Waals surface area contributed by atoms with Gasteiger partial charge in [-0.3, -0.25) is 0 Å². The van der Waals surface area contributed by atoms with Crippen LogP contribution in [0.2, 0.25) is 0 Å². The van der Waals surface area contributed by atoms with Crippen molar-refractivity contribution in [3.8, 4) is 5.95 Å². The molecule has 0 saturated carbocycles. The zero-order valence-electron chi connectivity index (χ0n) is 9.68. The maximum absolute atomic E-state index is 5.61. The Morgan fingerprint density at radius 1 is 1.31 bits per heavy atom. The van der Waals surface area contributed by atoms with Gasteiger partial charge in [-0.15, -0.1) is 0 Å². The zero-order valence-corrected chi connectivity index (χ0v) is 9.68. The van der Waals surface area contributed by atoms with Gasteiger partial charge in [0.2, 0.25) is 0 Å². The van der Waals surface area contributed by atoms with Crippen molar-refractivity contribution in [2.75, 3.05) is 5.73 Å². The Balaban J connectivity index is 2.49. The van der Waals surface area contributed by atoms with Crippen LogP contribution >= 0.6 is 0 Å². The second kappa shape index (κ2) is 3.92. The molecule has 0 aliphatic rings. The van der Waals surface area contributed by atoms with E-state index in [2.05, 4.69) is 28.9 Å². The summed E-state index contributed by atoms with van der Waals surface area (Å²) in [6.07, 6.45) is 3.29. The highest BCUT2D eigenvalue weighted by Crippen LogP contribution is 2.14. The van der Waals surface area contributed by atoms with Gasteiger partial charge in [0.1, 0.15) is 0 Å². The van der Waals surface area contributed by atoms with Gasteiger partial charge in [-0.05, 0) is 18.9 Å². The average Bonchev–Trinajstić information content (AvgIpc) is 2.64. The summed E-state index contributed by atoms with van der Waals surface area (Å²) in [5.74, 6) is 0.939. The first-order valence-electron chi connectivity index (χ1n) is 5.22. The number of nitrogen functional groups attached to an aromatic ring is 1. The van der Waals surface area contributed by atoms with Crippen LogP contribution in [0, 0.1) is 6.92 Å². The van der Waals surface area contributed by atoms with Crippen LogP contribution in [0.15, 0.2) is 18.5 Å². The Labute approximate surface area is 94.3 Å². The minimum absolute atomic E-state index is 0.369. The summed E-state index contributed by atoms with van der Waals surface area (Å²) in [6, 6.07) is 1.99. The van der Waals surface area contributed by atoms with E-state index in [0.717, 1.165) is 11.4 Å². The summed E-state index contributed by atoms with van der Waals surface area (Å²) < 4.78 is 1.59. The summed E-state index contributed by atoms with van der Waals surface area (Å²) in [7, 11) is 0. The molecule has 2 rings (SSSR count). The van der Waals surface area contributed by atoms with E-state index in [1.807, 2.05) is 13.0 Å². The van der Waals surface area contributed by atoms with Gasteiger partial charge in [0.05, 0.1) is 18.1 Å². The number of anilines is 1. The van der Waals surface area contributed by atoms with Crippen LogP contribution in [0.25, 0.3) is 5.95 Å². The smallest absolute Gasteiger partial charge is 0.251 e. The van der Waals surface area contributed by atoms with Crippen molar-refractivity contribution in [3.63, 3.8) is 0 Å². The van der Waals surface area contributed by atoms with Crippen LogP contribution in [-0.4, -0.2) is 19.7 Å². The van der Waals surface area contributed by atoms with E-state index in [-0.39, 0.29) is 0 Å². The van der Waals surface area contributed by atoms with Crippen molar-refractivity contribution in [2.24, 2.45) is 0 Å². The number of hydrogen-bond acceptors (Lipinski definition) is 4. The molecule has 84 valence electrons. The predicted octanol–water partition coefficient (Wildman–Crippen LogP) is 1.68. The van der Waals surface area contributed by atoms with Gasteiger partial charge in [0, 0.05) is 11.4 Å². The second-order valence-corrected chi connectivity index (χ2v) is 4.11. The summed E-state index contributed by atoms with van der Waals surface area (Å²) in [6.45, 7) is 6.15. The third-order valence-electron chi connectivity index (χ3n) is 2.26. The molecule has 5 nitrogen and oxygen atoms in total. The second-order valence-electron chi connectivity index (χ2n) is 4.11. The van der Waals surface area contributed by atoms with Crippen molar-refractivity contribution >= 4 is 5.69 Å². The molecule has 0 amide bonds. The molecule has 0 fully saturated rings. The Hall–Kier alpha value is -1.91. The molecule has 2 heterocycles. The fraction of sp³-hybridized carbons (Fsp3) is 0.364. The van der Waals surface area contributed by atoms with Gasteiger partial charge >= 0.3 is 0 Å². The SMILES string of the molecule is Cc1cc(C(C)C)nc(-n2cc(N)cn2)n1. The Kier molecular flexibility index (Phi) is 2.60. The monoisotopic (exact) mass is 217 g/mol. The number of hydrogen-bond donors (Lipinski definition) is 1. The lowest BCUT2D eigenvalue weighted by molar-refractivity contribution is 0.750. The third kappa shape index (κ3) is 2.03. The quantitative estimate of drug-likeness (QED) is 0.830. The van der Waals surface area contributed by atoms with Crippen LogP contribution in [0.4, 0.5) is 5.69 Å². The molecule has 0 aromatic carbocycles. The minimum atomic E-state index is 0.369. The van der Waals surface area contributed by atoms with Crippen LogP contribution in [0.5, 0.6) is 0 Å². The van der Waals surface area contributed by atoms with E-state index in [9.17, 15) is 0 Å². The summed E-state index contributed by atoms with van der Waals surface area (Å²) >= 11 is 0. The van der Waals surface area contributed by atoms with Gasteiger partial charge in [0.15, 0.2) is 0 Å². The first-order chi connectivity index (χ1) is 7.56. The van der Waals surface area contributed by atoms with Crippen LogP contribution in [-0.2, 0) is 0 Å². The maximum atomic E-state index is 5.61. The van der Waals surface area contributed by atoms with E-state index in [4.69, 9.17) is 5.73 Å². The number of nitrogens with two attached hydrogens (primary N) is 1. The van der Waals surface area contributed by atoms with Gasteiger partial charge in [0.25, 0.3) is 5.95 Å². The fourth-order valence-corrected chi connectivity index (χ4v) is 1.42. The highest BCUT2D eigenvalue weighted by atomic mass is 15.3. The van der Waals surface area contributed by atoms with E-state index in [0.29, 0.717) is 17.6 Å². The topological polar surface area (TPSA) is 69.6 Å². The van der Waals surface area contributed by atoms with E-state index < -0.39 is 0 Å². The van der Waals surface area contributed by atoms with Crippen molar-refractivity contribution in [2.45, 2.75) is 26.7 Å². The molecule has 2 N–H and O–H groups in total. The van der Waals surface area contributed by atoms with Crippen molar-refractivity contribution in [1.29, 1.82) is 0 Å². The van der Waals surface area contributed by atoms with E-state index in [1.54, 1.807) is 17.1 Å². The van der Waals surface area contributed by atoms with Crippen molar-refractivity contribution < 1.29 is 0 Å². The largest absolute Gasteiger partial charge is 0.396 e. The molecule has 0 atom stereocenters. The normalized spacial score (nSPS) is 11.0. The molecule has 5 heteroatoms. The fourth-order valence-electron chi connectivity index (χ4n) is 1.42. The zero-order chi connectivity index (χ0) is 11.7. The lowest BCUT2D eigenvalue weighted by Gasteiger charge is -2.07. The van der Waals surface area contributed by atoms with E-state index in [1.165, 1.54) is 0 Å². The first kappa shape index (κ1) is 10.6. The van der Waals surface area contributed by atoms with E-state index >= 15 is 0 Å². The minimum Gasteiger partial charge on any atom is -0.396 e.